The SMILES string of the molecule is CC=NC(Cl)C/C(=C\C)CCCC. The lowest BCUT2D eigenvalue weighted by molar-refractivity contribution is 0.738. The molecule has 13 heavy (non-hydrogen) atoms. The molecule has 0 aromatic heterocycles. The summed E-state index contributed by atoms with van der Waals surface area (Å²) in [5, 5.41) is 0. The maximum atomic E-state index is 5.99. The minimum atomic E-state index is -0.0759. The van der Waals surface area contributed by atoms with Gasteiger partial charge in [-0.2, -0.15) is 0 Å². The fourth-order valence-corrected chi connectivity index (χ4v) is 1.51. The number of unbranched alkanes of at least 4 members (excludes halogenated alkanes) is 1. The van der Waals surface area contributed by atoms with Gasteiger partial charge < -0.3 is 0 Å². The molecule has 0 aliphatic rings. The van der Waals surface area contributed by atoms with Gasteiger partial charge in [0.25, 0.3) is 0 Å². The second-order valence-electron chi connectivity index (χ2n) is 3.10. The van der Waals surface area contributed by atoms with Gasteiger partial charge in [-0.25, -0.2) is 0 Å². The van der Waals surface area contributed by atoms with E-state index in [1.807, 2.05) is 6.92 Å². The van der Waals surface area contributed by atoms with Crippen LogP contribution in [0.4, 0.5) is 0 Å². The fourth-order valence-electron chi connectivity index (χ4n) is 1.20. The molecule has 0 saturated heterocycles. The van der Waals surface area contributed by atoms with E-state index in [1.165, 1.54) is 18.4 Å². The van der Waals surface area contributed by atoms with Gasteiger partial charge in [0.05, 0.1) is 0 Å². The summed E-state index contributed by atoms with van der Waals surface area (Å²) in [5.74, 6) is 0. The van der Waals surface area contributed by atoms with E-state index in [1.54, 1.807) is 6.21 Å². The van der Waals surface area contributed by atoms with E-state index < -0.39 is 0 Å². The van der Waals surface area contributed by atoms with Crippen molar-refractivity contribution in [2.45, 2.75) is 52.0 Å². The van der Waals surface area contributed by atoms with Crippen molar-refractivity contribution < 1.29 is 0 Å². The molecule has 0 heterocycles. The van der Waals surface area contributed by atoms with Crippen LogP contribution in [0.5, 0.6) is 0 Å². The van der Waals surface area contributed by atoms with Crippen molar-refractivity contribution in [1.82, 2.24) is 0 Å². The van der Waals surface area contributed by atoms with Crippen LogP contribution in [0.3, 0.4) is 0 Å². The number of allylic oxidation sites excluding steroid dienone is 1. The normalized spacial score (nSPS) is 15.2. The van der Waals surface area contributed by atoms with Gasteiger partial charge in [-0.05, 0) is 32.9 Å². The molecule has 76 valence electrons. The van der Waals surface area contributed by atoms with Crippen LogP contribution < -0.4 is 0 Å². The number of hydrogen-bond donors (Lipinski definition) is 0. The third kappa shape index (κ3) is 6.83. The zero-order valence-corrected chi connectivity index (χ0v) is 9.64. The maximum Gasteiger partial charge on any atom is 0.127 e. The van der Waals surface area contributed by atoms with E-state index in [9.17, 15) is 0 Å². The van der Waals surface area contributed by atoms with Gasteiger partial charge in [-0.15, -0.1) is 0 Å². The Kier molecular flexibility index (Phi) is 8.11. The average Bonchev–Trinajstić information content (AvgIpc) is 2.12. The van der Waals surface area contributed by atoms with Crippen molar-refractivity contribution in [3.63, 3.8) is 0 Å². The number of hydrogen-bond acceptors (Lipinski definition) is 1. The molecular formula is C11H20ClN. The Hall–Kier alpha value is -0.300. The molecule has 0 aliphatic heterocycles. The van der Waals surface area contributed by atoms with E-state index in [2.05, 4.69) is 24.9 Å². The second kappa shape index (κ2) is 8.31. The van der Waals surface area contributed by atoms with E-state index >= 15 is 0 Å². The highest BCUT2D eigenvalue weighted by Gasteiger charge is 2.03. The molecule has 0 spiro atoms. The summed E-state index contributed by atoms with van der Waals surface area (Å²) in [5.41, 5.74) is 1.35. The number of rotatable bonds is 6. The minimum absolute atomic E-state index is 0.0759. The molecule has 0 saturated carbocycles. The summed E-state index contributed by atoms with van der Waals surface area (Å²) in [4.78, 5) is 4.12. The molecule has 0 bridgehead atoms. The molecule has 0 aromatic rings. The maximum absolute atomic E-state index is 5.99. The molecule has 1 unspecified atom stereocenters. The average molecular weight is 202 g/mol. The number of nitrogens with zero attached hydrogens (tertiary/aromatic N) is 1. The van der Waals surface area contributed by atoms with Gasteiger partial charge in [0, 0.05) is 6.42 Å². The molecule has 0 rings (SSSR count). The Morgan fingerprint density at radius 2 is 2.15 bits per heavy atom. The Balaban J connectivity index is 3.84. The first kappa shape index (κ1) is 12.7. The van der Waals surface area contributed by atoms with Gasteiger partial charge in [-0.1, -0.05) is 36.6 Å². The zero-order valence-electron chi connectivity index (χ0n) is 8.89. The predicted molar refractivity (Wildman–Crippen MR) is 61.7 cm³/mol. The van der Waals surface area contributed by atoms with Crippen molar-refractivity contribution >= 4 is 17.8 Å². The summed E-state index contributed by atoms with van der Waals surface area (Å²) in [6.07, 6.45) is 8.47. The van der Waals surface area contributed by atoms with Crippen molar-refractivity contribution in [1.29, 1.82) is 0 Å². The predicted octanol–water partition coefficient (Wildman–Crippen LogP) is 4.17. The van der Waals surface area contributed by atoms with Crippen LogP contribution in [0, 0.1) is 0 Å². The van der Waals surface area contributed by atoms with E-state index in [-0.39, 0.29) is 5.50 Å². The molecular weight excluding hydrogens is 182 g/mol. The summed E-state index contributed by atoms with van der Waals surface area (Å²) in [7, 11) is 0. The molecule has 0 aromatic carbocycles. The van der Waals surface area contributed by atoms with Crippen LogP contribution in [0.1, 0.15) is 46.5 Å². The van der Waals surface area contributed by atoms with Crippen LogP contribution in [0.2, 0.25) is 0 Å². The van der Waals surface area contributed by atoms with Crippen LogP contribution in [-0.4, -0.2) is 11.7 Å². The van der Waals surface area contributed by atoms with E-state index in [4.69, 9.17) is 11.6 Å². The Bertz CT molecular complexity index is 173. The molecule has 0 radical (unpaired) electrons. The van der Waals surface area contributed by atoms with Gasteiger partial charge in [0.2, 0.25) is 0 Å². The highest BCUT2D eigenvalue weighted by molar-refractivity contribution is 6.20. The first-order chi connectivity index (χ1) is 6.24. The summed E-state index contributed by atoms with van der Waals surface area (Å²) in [6.45, 7) is 6.18. The molecule has 2 heteroatoms. The van der Waals surface area contributed by atoms with Gasteiger partial charge in [0.15, 0.2) is 0 Å². The largest absolute Gasteiger partial charge is 0.278 e. The quantitative estimate of drug-likeness (QED) is 0.265. The van der Waals surface area contributed by atoms with Crippen molar-refractivity contribution in [2.75, 3.05) is 0 Å². The summed E-state index contributed by atoms with van der Waals surface area (Å²) >= 11 is 5.99. The smallest absolute Gasteiger partial charge is 0.127 e. The molecule has 1 atom stereocenters. The molecule has 0 fully saturated rings. The third-order valence-corrected chi connectivity index (χ3v) is 2.27. The number of halogens is 1. The van der Waals surface area contributed by atoms with Gasteiger partial charge >= 0.3 is 0 Å². The van der Waals surface area contributed by atoms with Crippen molar-refractivity contribution in [3.05, 3.63) is 11.6 Å². The van der Waals surface area contributed by atoms with Gasteiger partial charge in [0.1, 0.15) is 5.50 Å². The molecule has 0 amide bonds. The van der Waals surface area contributed by atoms with Gasteiger partial charge in [-0.3, -0.25) is 4.99 Å². The zero-order chi connectivity index (χ0) is 10.1. The van der Waals surface area contributed by atoms with Crippen LogP contribution in [0.25, 0.3) is 0 Å². The molecule has 0 N–H and O–H groups in total. The lowest BCUT2D eigenvalue weighted by Crippen LogP contribution is -1.97. The Morgan fingerprint density at radius 3 is 2.62 bits per heavy atom. The third-order valence-electron chi connectivity index (χ3n) is 2.00. The summed E-state index contributed by atoms with van der Waals surface area (Å²) < 4.78 is 0. The van der Waals surface area contributed by atoms with Crippen LogP contribution >= 0.6 is 11.6 Å². The van der Waals surface area contributed by atoms with E-state index in [0.29, 0.717) is 0 Å². The van der Waals surface area contributed by atoms with Crippen LogP contribution in [-0.2, 0) is 0 Å². The standard InChI is InChI=1S/C11H20ClN/c1-4-7-8-10(5-2)9-11(12)13-6-3/h5-6,11H,4,7-9H2,1-3H3/b10-5-,13-6?. The first-order valence-corrected chi connectivity index (χ1v) is 5.44. The number of aliphatic imine (C=N–C) groups is 1. The summed E-state index contributed by atoms with van der Waals surface area (Å²) in [6, 6.07) is 0. The topological polar surface area (TPSA) is 12.4 Å². The van der Waals surface area contributed by atoms with Crippen molar-refractivity contribution in [2.24, 2.45) is 4.99 Å². The second-order valence-corrected chi connectivity index (χ2v) is 3.60. The van der Waals surface area contributed by atoms with Crippen molar-refractivity contribution in [3.8, 4) is 0 Å². The van der Waals surface area contributed by atoms with E-state index in [0.717, 1.165) is 12.8 Å². The Morgan fingerprint density at radius 1 is 1.46 bits per heavy atom. The lowest BCUT2D eigenvalue weighted by atomic mass is 10.1. The lowest BCUT2D eigenvalue weighted by Gasteiger charge is -2.07. The monoisotopic (exact) mass is 201 g/mol. The molecule has 1 nitrogen and oxygen atoms in total. The highest BCUT2D eigenvalue weighted by atomic mass is 35.5. The molecule has 0 aliphatic carbocycles. The highest BCUT2D eigenvalue weighted by Crippen LogP contribution is 2.17. The minimum Gasteiger partial charge on any atom is -0.278 e. The van der Waals surface area contributed by atoms with Crippen LogP contribution in [0.15, 0.2) is 16.6 Å². The fraction of sp³-hybridized carbons (Fsp3) is 0.727. The first-order valence-electron chi connectivity index (χ1n) is 5.00. The number of alkyl halides is 1. The Labute approximate surface area is 86.9 Å².